The van der Waals surface area contributed by atoms with Crippen molar-refractivity contribution in [2.75, 3.05) is 0 Å². The van der Waals surface area contributed by atoms with E-state index in [0.717, 1.165) is 0 Å². The maximum atomic E-state index is 12.8. The molecule has 0 unspecified atom stereocenters. The molecule has 0 fully saturated rings. The molecule has 0 atom stereocenters. The van der Waals surface area contributed by atoms with Crippen LogP contribution in [0.2, 0.25) is 5.02 Å². The summed E-state index contributed by atoms with van der Waals surface area (Å²) in [5, 5.41) is 7.60. The summed E-state index contributed by atoms with van der Waals surface area (Å²) in [6.45, 7) is 2.25. The number of amidine groups is 1. The molecule has 21 heavy (non-hydrogen) atoms. The maximum Gasteiger partial charge on any atom is 0.385 e. The zero-order valence-electron chi connectivity index (χ0n) is 11.1. The second-order valence-corrected chi connectivity index (χ2v) is 4.43. The van der Waals surface area contributed by atoms with Gasteiger partial charge in [0.15, 0.2) is 11.5 Å². The minimum absolute atomic E-state index is 0.0537. The van der Waals surface area contributed by atoms with Crippen LogP contribution in [0.25, 0.3) is 0 Å². The highest BCUT2D eigenvalue weighted by Gasteiger charge is 2.18. The van der Waals surface area contributed by atoms with Crippen molar-refractivity contribution in [3.05, 3.63) is 52.6 Å². The van der Waals surface area contributed by atoms with E-state index >= 15 is 0 Å². The van der Waals surface area contributed by atoms with Crippen LogP contribution in [0.15, 0.2) is 35.6 Å². The van der Waals surface area contributed by atoms with Gasteiger partial charge in [-0.15, -0.1) is 0 Å². The second kappa shape index (κ2) is 6.36. The Hall–Kier alpha value is -2.41. The zero-order valence-corrected chi connectivity index (χ0v) is 11.8. The van der Waals surface area contributed by atoms with Gasteiger partial charge in [0.1, 0.15) is 5.82 Å². The van der Waals surface area contributed by atoms with Gasteiger partial charge in [0.05, 0.1) is 11.2 Å². The molecular formula is C13H12ClFN4O2. The first-order valence-electron chi connectivity index (χ1n) is 6.05. The lowest BCUT2D eigenvalue weighted by Crippen LogP contribution is -2.17. The van der Waals surface area contributed by atoms with E-state index in [0.29, 0.717) is 12.1 Å². The molecule has 2 N–H and O–H groups in total. The fourth-order valence-electron chi connectivity index (χ4n) is 1.61. The van der Waals surface area contributed by atoms with Crippen LogP contribution in [0.5, 0.6) is 0 Å². The van der Waals surface area contributed by atoms with E-state index in [9.17, 15) is 9.18 Å². The van der Waals surface area contributed by atoms with E-state index < -0.39 is 11.8 Å². The van der Waals surface area contributed by atoms with E-state index in [4.69, 9.17) is 22.2 Å². The molecule has 0 amide bonds. The van der Waals surface area contributed by atoms with Gasteiger partial charge in [-0.05, 0) is 31.2 Å². The van der Waals surface area contributed by atoms with Crippen LogP contribution in [0, 0.1) is 5.82 Å². The number of rotatable bonds is 4. The lowest BCUT2D eigenvalue weighted by Gasteiger charge is -2.03. The summed E-state index contributed by atoms with van der Waals surface area (Å²) in [5.74, 6) is -1.23. The number of hydrogen-bond acceptors (Lipinski definition) is 4. The Bertz CT molecular complexity index is 682. The molecule has 0 saturated heterocycles. The molecule has 0 bridgehead atoms. The predicted molar refractivity (Wildman–Crippen MR) is 75.5 cm³/mol. The van der Waals surface area contributed by atoms with E-state index in [-0.39, 0.29) is 16.6 Å². The van der Waals surface area contributed by atoms with E-state index in [1.54, 1.807) is 6.92 Å². The molecule has 2 rings (SSSR count). The smallest absolute Gasteiger partial charge is 0.380 e. The lowest BCUT2D eigenvalue weighted by molar-refractivity contribution is 0.0502. The van der Waals surface area contributed by atoms with Crippen molar-refractivity contribution >= 4 is 23.4 Å². The number of nitrogens with zero attached hydrogens (tertiary/aromatic N) is 3. The van der Waals surface area contributed by atoms with Gasteiger partial charge in [-0.25, -0.2) is 9.18 Å². The number of carbonyl (C=O) groups is 1. The normalized spacial score (nSPS) is 11.5. The third-order valence-electron chi connectivity index (χ3n) is 2.65. The first kappa shape index (κ1) is 15.0. The highest BCUT2D eigenvalue weighted by molar-refractivity contribution is 6.33. The fourth-order valence-corrected chi connectivity index (χ4v) is 1.83. The molecule has 6 nitrogen and oxygen atoms in total. The van der Waals surface area contributed by atoms with Crippen molar-refractivity contribution < 1.29 is 14.0 Å². The van der Waals surface area contributed by atoms with Crippen molar-refractivity contribution in [3.8, 4) is 0 Å². The summed E-state index contributed by atoms with van der Waals surface area (Å²) in [7, 11) is 0. The van der Waals surface area contributed by atoms with Gasteiger partial charge in [-0.2, -0.15) is 5.10 Å². The van der Waals surface area contributed by atoms with Crippen LogP contribution >= 0.6 is 11.6 Å². The van der Waals surface area contributed by atoms with E-state index in [2.05, 4.69) is 10.3 Å². The molecule has 0 aliphatic carbocycles. The predicted octanol–water partition coefficient (Wildman–Crippen LogP) is 2.17. The average Bonchev–Trinajstić information content (AvgIpc) is 2.86. The SMILES string of the molecule is CCn1ncc(Cl)c1C(=O)O/N=C(\N)c1ccc(F)cc1. The summed E-state index contributed by atoms with van der Waals surface area (Å²) >= 11 is 5.86. The number of nitrogens with two attached hydrogens (primary N) is 1. The van der Waals surface area contributed by atoms with Gasteiger partial charge < -0.3 is 10.6 Å². The van der Waals surface area contributed by atoms with Gasteiger partial charge in [0.2, 0.25) is 0 Å². The molecular weight excluding hydrogens is 299 g/mol. The number of hydrogen-bond donors (Lipinski definition) is 1. The maximum absolute atomic E-state index is 12.8. The van der Waals surface area contributed by atoms with Crippen LogP contribution < -0.4 is 5.73 Å². The Morgan fingerprint density at radius 2 is 2.14 bits per heavy atom. The summed E-state index contributed by atoms with van der Waals surface area (Å²) < 4.78 is 14.2. The first-order chi connectivity index (χ1) is 10.0. The minimum atomic E-state index is -0.774. The Morgan fingerprint density at radius 3 is 2.76 bits per heavy atom. The molecule has 8 heteroatoms. The van der Waals surface area contributed by atoms with Gasteiger partial charge in [-0.1, -0.05) is 16.8 Å². The standard InChI is InChI=1S/C13H12ClFN4O2/c1-2-19-11(10(14)7-17-19)13(20)21-18-12(16)8-3-5-9(15)6-4-8/h3-7H,2H2,1H3,(H2,16,18). The molecule has 0 aliphatic rings. The number of benzene rings is 1. The summed E-state index contributed by atoms with van der Waals surface area (Å²) in [5.41, 5.74) is 6.17. The van der Waals surface area contributed by atoms with Gasteiger partial charge in [-0.3, -0.25) is 4.68 Å². The summed E-state index contributed by atoms with van der Waals surface area (Å²) in [6.07, 6.45) is 1.34. The molecule has 2 aromatic rings. The van der Waals surface area contributed by atoms with Gasteiger partial charge in [0, 0.05) is 12.1 Å². The van der Waals surface area contributed by atoms with Crippen molar-refractivity contribution in [2.45, 2.75) is 13.5 Å². The zero-order chi connectivity index (χ0) is 15.4. The Kier molecular flexibility index (Phi) is 4.54. The number of oxime groups is 1. The van der Waals surface area contributed by atoms with Crippen LogP contribution in [0.1, 0.15) is 23.0 Å². The number of carbonyl (C=O) groups excluding carboxylic acids is 1. The number of aromatic nitrogens is 2. The Balaban J connectivity index is 2.14. The third-order valence-corrected chi connectivity index (χ3v) is 2.93. The molecule has 1 heterocycles. The minimum Gasteiger partial charge on any atom is -0.380 e. The van der Waals surface area contributed by atoms with Crippen LogP contribution in [-0.4, -0.2) is 21.6 Å². The largest absolute Gasteiger partial charge is 0.385 e. The molecule has 0 aliphatic heterocycles. The average molecular weight is 311 g/mol. The van der Waals surface area contributed by atoms with Gasteiger partial charge in [0.25, 0.3) is 0 Å². The Morgan fingerprint density at radius 1 is 1.48 bits per heavy atom. The number of aryl methyl sites for hydroxylation is 1. The highest BCUT2D eigenvalue weighted by Crippen LogP contribution is 2.16. The summed E-state index contributed by atoms with van der Waals surface area (Å²) in [6, 6.07) is 5.29. The van der Waals surface area contributed by atoms with E-state index in [1.165, 1.54) is 35.1 Å². The molecule has 1 aromatic heterocycles. The van der Waals surface area contributed by atoms with Crippen molar-refractivity contribution in [3.63, 3.8) is 0 Å². The molecule has 0 saturated carbocycles. The highest BCUT2D eigenvalue weighted by atomic mass is 35.5. The van der Waals surface area contributed by atoms with Crippen molar-refractivity contribution in [1.82, 2.24) is 9.78 Å². The van der Waals surface area contributed by atoms with Crippen molar-refractivity contribution in [2.24, 2.45) is 10.9 Å². The second-order valence-electron chi connectivity index (χ2n) is 4.02. The van der Waals surface area contributed by atoms with Gasteiger partial charge >= 0.3 is 5.97 Å². The number of halogens is 2. The lowest BCUT2D eigenvalue weighted by atomic mass is 10.2. The molecule has 0 radical (unpaired) electrons. The molecule has 110 valence electrons. The van der Waals surface area contributed by atoms with Crippen LogP contribution in [-0.2, 0) is 11.4 Å². The van der Waals surface area contributed by atoms with Crippen molar-refractivity contribution in [1.29, 1.82) is 0 Å². The van der Waals surface area contributed by atoms with Crippen LogP contribution in [0.4, 0.5) is 4.39 Å². The molecule has 0 spiro atoms. The van der Waals surface area contributed by atoms with E-state index in [1.807, 2.05) is 0 Å². The quantitative estimate of drug-likeness (QED) is 0.406. The third kappa shape index (κ3) is 3.38. The Labute approximate surface area is 124 Å². The van der Waals surface area contributed by atoms with Crippen LogP contribution in [0.3, 0.4) is 0 Å². The molecule has 1 aromatic carbocycles. The monoisotopic (exact) mass is 310 g/mol. The fraction of sp³-hybridized carbons (Fsp3) is 0.154. The topological polar surface area (TPSA) is 82.5 Å². The summed E-state index contributed by atoms with van der Waals surface area (Å²) in [4.78, 5) is 16.6. The first-order valence-corrected chi connectivity index (χ1v) is 6.42.